The Labute approximate surface area is 119 Å². The quantitative estimate of drug-likeness (QED) is 0.772. The van der Waals surface area contributed by atoms with Crippen LogP contribution in [0.25, 0.3) is 5.57 Å². The molecule has 1 saturated heterocycles. The van der Waals surface area contributed by atoms with Crippen molar-refractivity contribution in [3.63, 3.8) is 0 Å². The number of fused-ring (bicyclic) bond motifs is 2. The van der Waals surface area contributed by atoms with E-state index in [9.17, 15) is 4.79 Å². The van der Waals surface area contributed by atoms with Gasteiger partial charge in [0.25, 0.3) is 0 Å². The third-order valence-corrected chi connectivity index (χ3v) is 4.20. The van der Waals surface area contributed by atoms with Crippen LogP contribution in [0.3, 0.4) is 0 Å². The molecule has 0 aromatic heterocycles. The van der Waals surface area contributed by atoms with Crippen molar-refractivity contribution in [3.05, 3.63) is 41.5 Å². The van der Waals surface area contributed by atoms with Gasteiger partial charge in [-0.1, -0.05) is 18.2 Å². The number of nitrogens with zero attached hydrogens (tertiary/aromatic N) is 1. The van der Waals surface area contributed by atoms with Crippen LogP contribution >= 0.6 is 0 Å². The third kappa shape index (κ3) is 2.37. The molecule has 2 aliphatic heterocycles. The highest BCUT2D eigenvalue weighted by molar-refractivity contribution is 5.90. The van der Waals surface area contributed by atoms with Gasteiger partial charge >= 0.3 is 5.97 Å². The molecule has 0 aliphatic carbocycles. The van der Waals surface area contributed by atoms with E-state index >= 15 is 0 Å². The Morgan fingerprint density at radius 2 is 2.25 bits per heavy atom. The summed E-state index contributed by atoms with van der Waals surface area (Å²) in [6, 6.07) is 8.43. The van der Waals surface area contributed by atoms with Crippen molar-refractivity contribution in [2.45, 2.75) is 18.5 Å². The van der Waals surface area contributed by atoms with Crippen molar-refractivity contribution in [1.82, 2.24) is 4.90 Å². The van der Waals surface area contributed by atoms with Gasteiger partial charge in [0.05, 0.1) is 31.9 Å². The molecule has 106 valence electrons. The Bertz CT molecular complexity index is 552. The molecule has 2 unspecified atom stereocenters. The molecule has 0 N–H and O–H groups in total. The number of esters is 1. The first-order valence-corrected chi connectivity index (χ1v) is 6.88. The van der Waals surface area contributed by atoms with Gasteiger partial charge in [0.15, 0.2) is 0 Å². The second-order valence-electron chi connectivity index (χ2n) is 5.39. The van der Waals surface area contributed by atoms with Gasteiger partial charge in [0.1, 0.15) is 0 Å². The lowest BCUT2D eigenvalue weighted by molar-refractivity contribution is -0.0221. The Morgan fingerprint density at radius 1 is 1.40 bits per heavy atom. The molecule has 1 fully saturated rings. The topological polar surface area (TPSA) is 38.8 Å². The molecule has 1 aromatic carbocycles. The Morgan fingerprint density at radius 3 is 3.00 bits per heavy atom. The maximum Gasteiger partial charge on any atom is 0.337 e. The molecular weight excluding hydrogens is 254 g/mol. The van der Waals surface area contributed by atoms with E-state index in [1.54, 1.807) is 6.07 Å². The fraction of sp³-hybridized carbons (Fsp3) is 0.438. The number of methoxy groups -OCH3 is 1. The predicted octanol–water partition coefficient (Wildman–Crippen LogP) is 1.96. The van der Waals surface area contributed by atoms with Gasteiger partial charge in [-0.3, -0.25) is 4.90 Å². The monoisotopic (exact) mass is 273 g/mol. The molecule has 0 spiro atoms. The fourth-order valence-corrected chi connectivity index (χ4v) is 2.93. The van der Waals surface area contributed by atoms with Crippen LogP contribution in [-0.2, 0) is 9.47 Å². The lowest BCUT2D eigenvalue weighted by atomic mass is 9.89. The molecule has 3 rings (SSSR count). The SMILES string of the molecule is COC(=O)c1cccc(C2=CC3COCC(C2)N3C)c1. The summed E-state index contributed by atoms with van der Waals surface area (Å²) in [6.07, 6.45) is 3.21. The first kappa shape index (κ1) is 13.3. The third-order valence-electron chi connectivity index (χ3n) is 4.20. The van der Waals surface area contributed by atoms with Crippen LogP contribution in [0.2, 0.25) is 0 Å². The molecule has 2 bridgehead atoms. The standard InChI is InChI=1S/C16H19NO3/c1-17-14-7-13(8-15(17)10-20-9-14)11-4-3-5-12(6-11)16(18)19-2/h3-7,14-15H,8-10H2,1-2H3. The van der Waals surface area contributed by atoms with E-state index in [2.05, 4.69) is 24.1 Å². The van der Waals surface area contributed by atoms with Gasteiger partial charge in [-0.25, -0.2) is 4.79 Å². The minimum atomic E-state index is -0.288. The molecule has 1 aromatic rings. The van der Waals surface area contributed by atoms with Crippen molar-refractivity contribution < 1.29 is 14.3 Å². The van der Waals surface area contributed by atoms with Crippen LogP contribution < -0.4 is 0 Å². The van der Waals surface area contributed by atoms with Crippen molar-refractivity contribution in [2.24, 2.45) is 0 Å². The van der Waals surface area contributed by atoms with E-state index in [4.69, 9.17) is 9.47 Å². The molecule has 20 heavy (non-hydrogen) atoms. The van der Waals surface area contributed by atoms with E-state index < -0.39 is 0 Å². The highest BCUT2D eigenvalue weighted by atomic mass is 16.5. The lowest BCUT2D eigenvalue weighted by Gasteiger charge is -2.42. The number of hydrogen-bond acceptors (Lipinski definition) is 4. The number of morpholine rings is 1. The molecule has 2 heterocycles. The minimum Gasteiger partial charge on any atom is -0.465 e. The van der Waals surface area contributed by atoms with Gasteiger partial charge in [0, 0.05) is 6.04 Å². The zero-order chi connectivity index (χ0) is 14.1. The van der Waals surface area contributed by atoms with Gasteiger partial charge in [0.2, 0.25) is 0 Å². The first-order valence-electron chi connectivity index (χ1n) is 6.88. The summed E-state index contributed by atoms with van der Waals surface area (Å²) in [7, 11) is 3.56. The average molecular weight is 273 g/mol. The van der Waals surface area contributed by atoms with Crippen LogP contribution in [0.1, 0.15) is 22.3 Å². The van der Waals surface area contributed by atoms with Crippen LogP contribution in [0, 0.1) is 0 Å². The van der Waals surface area contributed by atoms with Crippen LogP contribution in [0.5, 0.6) is 0 Å². The largest absolute Gasteiger partial charge is 0.465 e. The van der Waals surface area contributed by atoms with Gasteiger partial charge in [-0.2, -0.15) is 0 Å². The summed E-state index contributed by atoms with van der Waals surface area (Å²) in [5.41, 5.74) is 3.01. The average Bonchev–Trinajstić information content (AvgIpc) is 2.46. The van der Waals surface area contributed by atoms with Gasteiger partial charge in [-0.15, -0.1) is 0 Å². The molecule has 0 saturated carbocycles. The van der Waals surface area contributed by atoms with Gasteiger partial charge in [-0.05, 0) is 36.7 Å². The highest BCUT2D eigenvalue weighted by Crippen LogP contribution is 2.31. The van der Waals surface area contributed by atoms with Crippen LogP contribution in [0.15, 0.2) is 30.3 Å². The Hall–Kier alpha value is -1.65. The molecule has 2 aliphatic rings. The van der Waals surface area contributed by atoms with E-state index in [-0.39, 0.29) is 5.97 Å². The number of carbonyl (C=O) groups is 1. The summed E-state index contributed by atoms with van der Waals surface area (Å²) in [5, 5.41) is 0. The van der Waals surface area contributed by atoms with Crippen LogP contribution in [0.4, 0.5) is 0 Å². The predicted molar refractivity (Wildman–Crippen MR) is 76.5 cm³/mol. The van der Waals surface area contributed by atoms with E-state index in [1.165, 1.54) is 12.7 Å². The molecule has 0 amide bonds. The number of rotatable bonds is 2. The molecule has 2 atom stereocenters. The molecule has 0 radical (unpaired) electrons. The number of likely N-dealkylation sites (N-methyl/N-ethyl adjacent to an activating group) is 1. The van der Waals surface area contributed by atoms with E-state index in [0.29, 0.717) is 17.6 Å². The molecule has 4 nitrogen and oxygen atoms in total. The fourth-order valence-electron chi connectivity index (χ4n) is 2.93. The molecule has 4 heteroatoms. The highest BCUT2D eigenvalue weighted by Gasteiger charge is 2.32. The summed E-state index contributed by atoms with van der Waals surface area (Å²) < 4.78 is 10.4. The minimum absolute atomic E-state index is 0.288. The second kappa shape index (κ2) is 5.38. The van der Waals surface area contributed by atoms with Crippen molar-refractivity contribution in [2.75, 3.05) is 27.4 Å². The second-order valence-corrected chi connectivity index (χ2v) is 5.39. The zero-order valence-corrected chi connectivity index (χ0v) is 11.8. The maximum absolute atomic E-state index is 11.6. The maximum atomic E-state index is 11.6. The van der Waals surface area contributed by atoms with E-state index in [0.717, 1.165) is 25.2 Å². The van der Waals surface area contributed by atoms with Gasteiger partial charge < -0.3 is 9.47 Å². The normalized spacial score (nSPS) is 26.0. The van der Waals surface area contributed by atoms with Crippen LogP contribution in [-0.4, -0.2) is 50.3 Å². The van der Waals surface area contributed by atoms with Crippen molar-refractivity contribution in [1.29, 1.82) is 0 Å². The first-order chi connectivity index (χ1) is 9.69. The van der Waals surface area contributed by atoms with Crippen molar-refractivity contribution >= 4 is 11.5 Å². The number of benzene rings is 1. The lowest BCUT2D eigenvalue weighted by Crippen LogP contribution is -2.51. The number of ether oxygens (including phenoxy) is 2. The number of hydrogen-bond donors (Lipinski definition) is 0. The molecular formula is C16H19NO3. The Balaban J connectivity index is 1.91. The zero-order valence-electron chi connectivity index (χ0n) is 11.8. The van der Waals surface area contributed by atoms with E-state index in [1.807, 2.05) is 12.1 Å². The summed E-state index contributed by atoms with van der Waals surface area (Å²) in [5.74, 6) is -0.288. The summed E-state index contributed by atoms with van der Waals surface area (Å²) >= 11 is 0. The Kier molecular flexibility index (Phi) is 3.59. The smallest absolute Gasteiger partial charge is 0.337 e. The number of carbonyl (C=O) groups excluding carboxylic acids is 1. The summed E-state index contributed by atoms with van der Waals surface area (Å²) in [4.78, 5) is 14.0. The summed E-state index contributed by atoms with van der Waals surface area (Å²) in [6.45, 7) is 1.52. The van der Waals surface area contributed by atoms with Crippen molar-refractivity contribution in [3.8, 4) is 0 Å².